The molecule has 2 aliphatic rings. The molecule has 1 aliphatic heterocycles. The van der Waals surface area contributed by atoms with Gasteiger partial charge < -0.3 is 34.4 Å². The molecule has 1 unspecified atom stereocenters. The van der Waals surface area contributed by atoms with Gasteiger partial charge in [0.15, 0.2) is 0 Å². The first-order chi connectivity index (χ1) is 21.6. The summed E-state index contributed by atoms with van der Waals surface area (Å²) in [5.41, 5.74) is 0.469. The van der Waals surface area contributed by atoms with Gasteiger partial charge in [-0.1, -0.05) is 28.9 Å². The molecule has 244 valence electrons. The number of anilines is 2. The van der Waals surface area contributed by atoms with Crippen LogP contribution in [0.15, 0.2) is 59.8 Å². The maximum Gasteiger partial charge on any atom is 0.573 e. The average molecular weight is 662 g/mol. The number of benzene rings is 3. The van der Waals surface area contributed by atoms with Gasteiger partial charge in [0.1, 0.15) is 23.3 Å². The van der Waals surface area contributed by atoms with Crippen LogP contribution in [0.4, 0.5) is 24.5 Å². The number of ether oxygens (including phenoxy) is 3. The molecule has 0 radical (unpaired) electrons. The summed E-state index contributed by atoms with van der Waals surface area (Å²) in [6, 6.07) is 12.7. The quantitative estimate of drug-likeness (QED) is 0.172. The van der Waals surface area contributed by atoms with Gasteiger partial charge in [-0.05, 0) is 62.6 Å². The molecule has 1 atom stereocenters. The number of carboxylic acid groups (broad SMARTS) is 1. The van der Waals surface area contributed by atoms with E-state index >= 15 is 0 Å². The van der Waals surface area contributed by atoms with Gasteiger partial charge in [0, 0.05) is 45.9 Å². The van der Waals surface area contributed by atoms with Gasteiger partial charge in [0.2, 0.25) is 5.60 Å². The van der Waals surface area contributed by atoms with Crippen molar-refractivity contribution in [3.8, 4) is 17.2 Å². The van der Waals surface area contributed by atoms with Crippen LogP contribution in [-0.2, 0) is 19.8 Å². The highest BCUT2D eigenvalue weighted by atomic mass is 35.5. The van der Waals surface area contributed by atoms with Crippen LogP contribution in [0.3, 0.4) is 0 Å². The molecule has 5 rings (SSSR count). The maximum atomic E-state index is 14.5. The number of aliphatic carboxylic acids is 1. The number of carboxylic acids is 1. The number of nitrogens with zero attached hydrogens (tertiary/aromatic N) is 2. The minimum atomic E-state index is -4.90. The standard InChI is InChI=1S/C32H31ClF3N3O7/c1-30(2,29(41)42)46-37-16-18-11-20(14-22(12-18)43-3)38-27(23-7-5-19(33)13-26(23)44-4)28(40)39-17-31(9-10-31)24-8-6-21(15-25(24)39)45-32(34,35)36/h5-8,11-16,27,38H,9-10,17H2,1-4H3,(H,41,42)/b37-16+. The third kappa shape index (κ3) is 6.94. The first kappa shape index (κ1) is 32.7. The summed E-state index contributed by atoms with van der Waals surface area (Å²) >= 11 is 6.23. The molecule has 1 amide bonds. The van der Waals surface area contributed by atoms with E-state index in [-0.39, 0.29) is 12.0 Å². The zero-order valence-electron chi connectivity index (χ0n) is 25.3. The van der Waals surface area contributed by atoms with Crippen molar-refractivity contribution >= 4 is 41.1 Å². The monoisotopic (exact) mass is 661 g/mol. The fourth-order valence-electron chi connectivity index (χ4n) is 5.30. The number of hydrogen-bond acceptors (Lipinski definition) is 8. The van der Waals surface area contributed by atoms with Crippen LogP contribution in [0, 0.1) is 0 Å². The summed E-state index contributed by atoms with van der Waals surface area (Å²) in [4.78, 5) is 32.5. The number of carbonyl (C=O) groups is 2. The van der Waals surface area contributed by atoms with Crippen molar-refractivity contribution in [3.63, 3.8) is 0 Å². The molecule has 2 N–H and O–H groups in total. The van der Waals surface area contributed by atoms with Gasteiger partial charge in [0.05, 0.1) is 26.1 Å². The maximum absolute atomic E-state index is 14.5. The number of oxime groups is 1. The summed E-state index contributed by atoms with van der Waals surface area (Å²) in [5, 5.41) is 16.7. The minimum Gasteiger partial charge on any atom is -0.497 e. The normalized spacial score (nSPS) is 15.8. The first-order valence-corrected chi connectivity index (χ1v) is 14.5. The highest BCUT2D eigenvalue weighted by Crippen LogP contribution is 2.57. The first-order valence-electron chi connectivity index (χ1n) is 14.1. The highest BCUT2D eigenvalue weighted by molar-refractivity contribution is 6.30. The third-order valence-corrected chi connectivity index (χ3v) is 8.11. The lowest BCUT2D eigenvalue weighted by molar-refractivity contribution is -0.274. The van der Waals surface area contributed by atoms with Gasteiger partial charge in [-0.2, -0.15) is 0 Å². The molecule has 1 fully saturated rings. The van der Waals surface area contributed by atoms with Crippen LogP contribution in [0.25, 0.3) is 0 Å². The van der Waals surface area contributed by atoms with Gasteiger partial charge in [-0.15, -0.1) is 13.2 Å². The molecule has 0 aromatic heterocycles. The number of fused-ring (bicyclic) bond motifs is 2. The van der Waals surface area contributed by atoms with Crippen molar-refractivity contribution in [2.45, 2.75) is 50.1 Å². The predicted molar refractivity (Wildman–Crippen MR) is 164 cm³/mol. The van der Waals surface area contributed by atoms with Crippen LogP contribution in [0.2, 0.25) is 5.02 Å². The topological polar surface area (TPSA) is 119 Å². The van der Waals surface area contributed by atoms with Crippen molar-refractivity contribution in [1.29, 1.82) is 0 Å². The van der Waals surface area contributed by atoms with E-state index in [2.05, 4.69) is 15.2 Å². The molecule has 3 aromatic carbocycles. The molecule has 0 bridgehead atoms. The molecular weight excluding hydrogens is 631 g/mol. The molecule has 10 nitrogen and oxygen atoms in total. The van der Waals surface area contributed by atoms with Crippen molar-refractivity contribution < 1.29 is 46.9 Å². The second kappa shape index (κ2) is 12.3. The molecule has 14 heteroatoms. The van der Waals surface area contributed by atoms with Crippen molar-refractivity contribution in [3.05, 3.63) is 76.3 Å². The number of halogens is 4. The smallest absolute Gasteiger partial charge is 0.497 e. The zero-order chi connectivity index (χ0) is 33.4. The second-order valence-electron chi connectivity index (χ2n) is 11.5. The van der Waals surface area contributed by atoms with E-state index in [1.807, 2.05) is 0 Å². The van der Waals surface area contributed by atoms with Crippen LogP contribution in [-0.4, -0.2) is 55.9 Å². The van der Waals surface area contributed by atoms with Crippen LogP contribution in [0.5, 0.6) is 17.2 Å². The molecule has 46 heavy (non-hydrogen) atoms. The average Bonchev–Trinajstić information content (AvgIpc) is 3.70. The Balaban J connectivity index is 1.54. The lowest BCUT2D eigenvalue weighted by Gasteiger charge is -2.28. The molecule has 1 saturated carbocycles. The molecule has 1 heterocycles. The highest BCUT2D eigenvalue weighted by Gasteiger charge is 2.54. The number of nitrogens with one attached hydrogen (secondary N) is 1. The van der Waals surface area contributed by atoms with Crippen molar-refractivity contribution in [2.24, 2.45) is 5.16 Å². The van der Waals surface area contributed by atoms with Crippen LogP contribution >= 0.6 is 11.6 Å². The Morgan fingerprint density at radius 1 is 1.04 bits per heavy atom. The largest absolute Gasteiger partial charge is 0.573 e. The summed E-state index contributed by atoms with van der Waals surface area (Å²) in [7, 11) is 2.88. The van der Waals surface area contributed by atoms with E-state index in [1.54, 1.807) is 42.5 Å². The molecular formula is C32H31ClF3N3O7. The third-order valence-electron chi connectivity index (χ3n) is 7.87. The Kier molecular flexibility index (Phi) is 8.73. The number of rotatable bonds is 11. The Labute approximate surface area is 267 Å². The predicted octanol–water partition coefficient (Wildman–Crippen LogP) is 6.70. The molecule has 1 aliphatic carbocycles. The lowest BCUT2D eigenvalue weighted by atomic mass is 9.99. The summed E-state index contributed by atoms with van der Waals surface area (Å²) in [6.07, 6.45) is -2.04. The van der Waals surface area contributed by atoms with Gasteiger partial charge in [-0.3, -0.25) is 4.79 Å². The van der Waals surface area contributed by atoms with E-state index < -0.39 is 35.6 Å². The number of hydrogen-bond donors (Lipinski definition) is 2. The van der Waals surface area contributed by atoms with Gasteiger partial charge >= 0.3 is 12.3 Å². The Morgan fingerprint density at radius 2 is 1.78 bits per heavy atom. The number of amides is 1. The lowest BCUT2D eigenvalue weighted by Crippen LogP contribution is -2.38. The van der Waals surface area contributed by atoms with Crippen molar-refractivity contribution in [1.82, 2.24) is 0 Å². The van der Waals surface area contributed by atoms with E-state index in [0.717, 1.165) is 18.4 Å². The van der Waals surface area contributed by atoms with Crippen molar-refractivity contribution in [2.75, 3.05) is 31.0 Å². The van der Waals surface area contributed by atoms with Gasteiger partial charge in [0.25, 0.3) is 5.91 Å². The number of methoxy groups -OCH3 is 2. The second-order valence-corrected chi connectivity index (χ2v) is 12.0. The number of alkyl halides is 3. The summed E-state index contributed by atoms with van der Waals surface area (Å²) in [5.74, 6) is -1.40. The van der Waals surface area contributed by atoms with E-state index in [0.29, 0.717) is 39.0 Å². The van der Waals surface area contributed by atoms with E-state index in [1.165, 1.54) is 51.3 Å². The SMILES string of the molecule is COc1cc(/C=N/OC(C)(C)C(=O)O)cc(NC(C(=O)N2CC3(CC3)c3ccc(OC(F)(F)F)cc32)c2ccc(Cl)cc2OC)c1. The Morgan fingerprint density at radius 3 is 2.41 bits per heavy atom. The van der Waals surface area contributed by atoms with Crippen LogP contribution in [0.1, 0.15) is 49.4 Å². The fraction of sp³-hybridized carbons (Fsp3) is 0.344. The number of carbonyl (C=O) groups excluding carboxylic acids is 1. The summed E-state index contributed by atoms with van der Waals surface area (Å²) in [6.45, 7) is 2.97. The minimum absolute atomic E-state index is 0.275. The fourth-order valence-corrected chi connectivity index (χ4v) is 5.46. The van der Waals surface area contributed by atoms with E-state index in [4.69, 9.17) is 25.9 Å². The zero-order valence-corrected chi connectivity index (χ0v) is 26.0. The molecule has 1 spiro atoms. The molecule has 0 saturated heterocycles. The van der Waals surface area contributed by atoms with Gasteiger partial charge in [-0.25, -0.2) is 4.79 Å². The Bertz CT molecular complexity index is 1690. The van der Waals surface area contributed by atoms with Crippen LogP contribution < -0.4 is 24.4 Å². The molecule has 3 aromatic rings. The Hall–Kier alpha value is -4.65. The summed E-state index contributed by atoms with van der Waals surface area (Å²) < 4.78 is 54.5. The van der Waals surface area contributed by atoms with E-state index in [9.17, 15) is 27.9 Å².